The largest absolute Gasteiger partial charge is 0.446 e. The fraction of sp³-hybridized carbons (Fsp3) is 0.690. The molecular formula is C29H40F2N3O7P. The van der Waals surface area contributed by atoms with E-state index >= 15 is 0 Å². The molecule has 5 atom stereocenters. The van der Waals surface area contributed by atoms with Gasteiger partial charge in [0.05, 0.1) is 6.16 Å². The van der Waals surface area contributed by atoms with Gasteiger partial charge in [-0.25, -0.2) is 13.6 Å². The summed E-state index contributed by atoms with van der Waals surface area (Å²) >= 11 is 0. The Kier molecular flexibility index (Phi) is 9.54. The highest BCUT2D eigenvalue weighted by atomic mass is 31.2. The maximum atomic E-state index is 14.4. The van der Waals surface area contributed by atoms with Crippen LogP contribution in [0.2, 0.25) is 0 Å². The van der Waals surface area contributed by atoms with E-state index in [0.717, 1.165) is 37.8 Å². The minimum atomic E-state index is -4.38. The maximum Gasteiger partial charge on any atom is 0.408 e. The number of rotatable bonds is 5. The average Bonchev–Trinajstić information content (AvgIpc) is 3.27. The molecule has 3 N–H and O–H groups in total. The van der Waals surface area contributed by atoms with E-state index < -0.39 is 66.0 Å². The Balaban J connectivity index is 1.35. The second-order valence-electron chi connectivity index (χ2n) is 12.0. The number of benzene rings is 1. The molecule has 10 nitrogen and oxygen atoms in total. The number of ether oxygens (including phenoxy) is 2. The molecule has 2 saturated heterocycles. The molecule has 0 spiro atoms. The fourth-order valence-corrected chi connectivity index (χ4v) is 9.18. The van der Waals surface area contributed by atoms with Crippen LogP contribution in [0.25, 0.3) is 0 Å². The highest BCUT2D eigenvalue weighted by Gasteiger charge is 2.66. The molecular weight excluding hydrogens is 571 g/mol. The molecule has 13 heteroatoms. The lowest BCUT2D eigenvalue weighted by Crippen LogP contribution is -2.55. The number of nitrogens with one attached hydrogen (secondary N) is 2. The Morgan fingerprint density at radius 3 is 2.48 bits per heavy atom. The van der Waals surface area contributed by atoms with E-state index in [1.807, 2.05) is 0 Å². The molecule has 232 valence electrons. The van der Waals surface area contributed by atoms with Crippen molar-refractivity contribution in [3.05, 3.63) is 35.4 Å². The third kappa shape index (κ3) is 6.65. The van der Waals surface area contributed by atoms with Crippen LogP contribution in [-0.4, -0.2) is 70.9 Å². The molecule has 4 aliphatic rings. The number of nitrogens with zero attached hydrogens (tertiary/aromatic N) is 1. The van der Waals surface area contributed by atoms with Crippen molar-refractivity contribution in [2.24, 2.45) is 5.92 Å². The number of carbonyl (C=O) groups is 3. The van der Waals surface area contributed by atoms with Crippen LogP contribution in [0, 0.1) is 17.6 Å². The summed E-state index contributed by atoms with van der Waals surface area (Å²) in [5, 5.41) is 3.94. The highest BCUT2D eigenvalue weighted by Crippen LogP contribution is 2.71. The van der Waals surface area contributed by atoms with Crippen molar-refractivity contribution in [3.63, 3.8) is 0 Å². The lowest BCUT2D eigenvalue weighted by Gasteiger charge is -2.32. The first-order valence-electron chi connectivity index (χ1n) is 15.0. The summed E-state index contributed by atoms with van der Waals surface area (Å²) < 4.78 is 54.0. The molecule has 1 aromatic carbocycles. The Bertz CT molecular complexity index is 1210. The van der Waals surface area contributed by atoms with E-state index in [1.165, 1.54) is 11.0 Å². The predicted molar refractivity (Wildman–Crippen MR) is 149 cm³/mol. The maximum absolute atomic E-state index is 14.4. The minimum Gasteiger partial charge on any atom is -0.446 e. The summed E-state index contributed by atoms with van der Waals surface area (Å²) in [4.78, 5) is 52.8. The molecule has 2 heterocycles. The van der Waals surface area contributed by atoms with Gasteiger partial charge in [-0.15, -0.1) is 0 Å². The summed E-state index contributed by atoms with van der Waals surface area (Å²) in [6.45, 7) is 1.00. The van der Waals surface area contributed by atoms with E-state index in [2.05, 4.69) is 10.6 Å². The van der Waals surface area contributed by atoms with Gasteiger partial charge in [-0.1, -0.05) is 6.07 Å². The summed E-state index contributed by atoms with van der Waals surface area (Å²) in [6, 6.07) is 1.42. The third-order valence-corrected chi connectivity index (χ3v) is 11.7. The zero-order valence-corrected chi connectivity index (χ0v) is 24.6. The Morgan fingerprint density at radius 2 is 1.76 bits per heavy atom. The van der Waals surface area contributed by atoms with Crippen LogP contribution < -0.4 is 10.6 Å². The summed E-state index contributed by atoms with van der Waals surface area (Å²) in [6.07, 6.45) is 4.85. The van der Waals surface area contributed by atoms with Crippen LogP contribution in [-0.2, 0) is 29.8 Å². The van der Waals surface area contributed by atoms with Crippen LogP contribution >= 0.6 is 7.37 Å². The second kappa shape index (κ2) is 13.0. The van der Waals surface area contributed by atoms with Crippen molar-refractivity contribution in [2.45, 2.75) is 100 Å². The van der Waals surface area contributed by atoms with E-state index in [4.69, 9.17) is 9.47 Å². The van der Waals surface area contributed by atoms with Crippen molar-refractivity contribution in [3.8, 4) is 0 Å². The molecule has 1 unspecified atom stereocenters. The van der Waals surface area contributed by atoms with E-state index in [1.54, 1.807) is 0 Å². The van der Waals surface area contributed by atoms with Gasteiger partial charge >= 0.3 is 6.09 Å². The molecule has 4 fully saturated rings. The van der Waals surface area contributed by atoms with Gasteiger partial charge in [0.15, 0.2) is 0 Å². The smallest absolute Gasteiger partial charge is 0.408 e. The first kappa shape index (κ1) is 30.9. The first-order chi connectivity index (χ1) is 20.1. The van der Waals surface area contributed by atoms with Gasteiger partial charge in [0.2, 0.25) is 19.2 Å². The van der Waals surface area contributed by atoms with Gasteiger partial charge in [-0.3, -0.25) is 14.2 Å². The summed E-state index contributed by atoms with van der Waals surface area (Å²) in [5.41, 5.74) is -0.493. The fourth-order valence-electron chi connectivity index (χ4n) is 6.68. The number of carbonyl (C=O) groups excluding carboxylic acids is 3. The van der Waals surface area contributed by atoms with Crippen LogP contribution in [0.5, 0.6) is 0 Å². The molecule has 1 aromatic rings. The van der Waals surface area contributed by atoms with Crippen molar-refractivity contribution in [2.75, 3.05) is 19.8 Å². The van der Waals surface area contributed by atoms with Gasteiger partial charge < -0.3 is 29.9 Å². The van der Waals surface area contributed by atoms with Crippen molar-refractivity contribution < 1.29 is 42.1 Å². The molecule has 3 amide bonds. The second-order valence-corrected chi connectivity index (χ2v) is 14.5. The number of halogens is 2. The van der Waals surface area contributed by atoms with E-state index in [-0.39, 0.29) is 25.0 Å². The Morgan fingerprint density at radius 1 is 1.07 bits per heavy atom. The predicted octanol–water partition coefficient (Wildman–Crippen LogP) is 4.19. The molecule has 5 rings (SSSR count). The summed E-state index contributed by atoms with van der Waals surface area (Å²) in [5.74, 6) is -3.23. The summed E-state index contributed by atoms with van der Waals surface area (Å²) in [7, 11) is -4.38. The van der Waals surface area contributed by atoms with Crippen LogP contribution in [0.1, 0.15) is 76.2 Å². The van der Waals surface area contributed by atoms with Crippen LogP contribution in [0.4, 0.5) is 13.6 Å². The molecule has 0 bridgehead atoms. The number of fused-ring (bicyclic) bond motifs is 2. The van der Waals surface area contributed by atoms with Gasteiger partial charge in [0, 0.05) is 25.3 Å². The lowest BCUT2D eigenvalue weighted by atomic mass is 10.1. The molecule has 0 aromatic heterocycles. The Labute approximate surface area is 244 Å². The normalized spacial score (nSPS) is 30.7. The lowest BCUT2D eigenvalue weighted by molar-refractivity contribution is -0.140. The molecule has 0 radical (unpaired) electrons. The average molecular weight is 612 g/mol. The first-order valence-corrected chi connectivity index (χ1v) is 16.9. The Hall–Kier alpha value is -2.56. The van der Waals surface area contributed by atoms with Crippen molar-refractivity contribution >= 4 is 25.3 Å². The van der Waals surface area contributed by atoms with E-state index in [0.29, 0.717) is 51.7 Å². The minimum absolute atomic E-state index is 0.175. The SMILES string of the molecule is O=C(N[C@H]1CCCOCCC[C@@H]2C[C@@]2(P(=O)(O)Cc2c(F)cccc2F)NC(=O)[C@@H]2CCCN2C1=O)OC1CCCC1. The standard InChI is InChI=1S/C29H40F2N3O7P/c30-22-10-3-11-23(31)21(22)18-42(38,39)29-17-19(29)7-5-15-40-16-6-12-24(32-28(37)41-20-8-1-2-9-20)27(36)34-14-4-13-25(34)26(35)33-29/h3,10-11,19-20,24-25H,1-2,4-9,12-18H2,(H,32,37)(H,33,35)(H,38,39)/t19-,24+,25+,29+/m1/s1. The molecule has 42 heavy (non-hydrogen) atoms. The van der Waals surface area contributed by atoms with Crippen molar-refractivity contribution in [1.82, 2.24) is 15.5 Å². The zero-order chi connectivity index (χ0) is 29.9. The van der Waals surface area contributed by atoms with Crippen LogP contribution in [0.3, 0.4) is 0 Å². The molecule has 2 saturated carbocycles. The quantitative estimate of drug-likeness (QED) is 0.425. The van der Waals surface area contributed by atoms with Gasteiger partial charge in [0.25, 0.3) is 0 Å². The number of hydrogen-bond donors (Lipinski definition) is 3. The van der Waals surface area contributed by atoms with Gasteiger partial charge in [0.1, 0.15) is 35.1 Å². The molecule has 2 aliphatic heterocycles. The van der Waals surface area contributed by atoms with Gasteiger partial charge in [-0.05, 0) is 88.7 Å². The van der Waals surface area contributed by atoms with Crippen molar-refractivity contribution in [1.29, 1.82) is 0 Å². The third-order valence-electron chi connectivity index (χ3n) is 9.10. The zero-order valence-electron chi connectivity index (χ0n) is 23.7. The number of hydrogen-bond acceptors (Lipinski definition) is 6. The number of amides is 3. The topological polar surface area (TPSA) is 134 Å². The number of alkyl carbamates (subject to hydrolysis) is 1. The van der Waals surface area contributed by atoms with Gasteiger partial charge in [-0.2, -0.15) is 0 Å². The highest BCUT2D eigenvalue weighted by molar-refractivity contribution is 7.59. The monoisotopic (exact) mass is 611 g/mol. The van der Waals surface area contributed by atoms with E-state index in [9.17, 15) is 32.6 Å². The molecule has 2 aliphatic carbocycles. The van der Waals surface area contributed by atoms with Crippen LogP contribution in [0.15, 0.2) is 18.2 Å².